The second-order valence-electron chi connectivity index (χ2n) is 14.3. The van der Waals surface area contributed by atoms with Crippen LogP contribution in [0.25, 0.3) is 0 Å². The molecule has 8 atom stereocenters. The van der Waals surface area contributed by atoms with Gasteiger partial charge in [0.1, 0.15) is 0 Å². The molecule has 0 heterocycles. The molecular formula is C31H50. The minimum atomic E-state index is 0.553. The van der Waals surface area contributed by atoms with E-state index >= 15 is 0 Å². The van der Waals surface area contributed by atoms with E-state index in [2.05, 4.69) is 54.2 Å². The molecule has 5 aliphatic rings. The van der Waals surface area contributed by atoms with Crippen LogP contribution in [0, 0.1) is 51.2 Å². The SMILES string of the molecule is C=C(C)C1CC=C([C@H]2CC[C@]3(C)[C@@H]2CC[C@@H]2[C@@]4(C)CCCC(C)(C)[C@@H]4CC[C@]23C)CC1. The lowest BCUT2D eigenvalue weighted by Gasteiger charge is -2.69. The Kier molecular flexibility index (Phi) is 5.20. The second-order valence-corrected chi connectivity index (χ2v) is 14.3. The third-order valence-corrected chi connectivity index (χ3v) is 12.8. The van der Waals surface area contributed by atoms with E-state index in [1.807, 2.05) is 5.57 Å². The van der Waals surface area contributed by atoms with Gasteiger partial charge in [0.05, 0.1) is 0 Å². The molecule has 0 aromatic heterocycles. The van der Waals surface area contributed by atoms with Crippen LogP contribution in [0.4, 0.5) is 0 Å². The summed E-state index contributed by atoms with van der Waals surface area (Å²) in [6.45, 7) is 20.0. The molecule has 0 aromatic carbocycles. The van der Waals surface area contributed by atoms with Crippen LogP contribution in [0.3, 0.4) is 0 Å². The summed E-state index contributed by atoms with van der Waals surface area (Å²) >= 11 is 0. The molecule has 174 valence electrons. The normalized spacial score (nSPS) is 51.3. The van der Waals surface area contributed by atoms with Crippen molar-refractivity contribution in [2.45, 2.75) is 119 Å². The number of hydrogen-bond donors (Lipinski definition) is 0. The predicted molar refractivity (Wildman–Crippen MR) is 134 cm³/mol. The third kappa shape index (κ3) is 3.05. The molecule has 31 heavy (non-hydrogen) atoms. The van der Waals surface area contributed by atoms with Crippen molar-refractivity contribution in [2.24, 2.45) is 51.2 Å². The topological polar surface area (TPSA) is 0 Å². The zero-order chi connectivity index (χ0) is 22.2. The Morgan fingerprint density at radius 1 is 0.839 bits per heavy atom. The number of hydrogen-bond acceptors (Lipinski definition) is 0. The van der Waals surface area contributed by atoms with Crippen LogP contribution < -0.4 is 0 Å². The Morgan fingerprint density at radius 2 is 1.58 bits per heavy atom. The van der Waals surface area contributed by atoms with Gasteiger partial charge in [0.25, 0.3) is 0 Å². The first kappa shape index (κ1) is 22.3. The standard InChI is InChI=1S/C31H50/c1-21(2)22-9-11-23(12-10-22)24-15-19-30(6)25(24)13-14-27-29(5)18-8-17-28(3,4)26(29)16-20-31(27,30)7/h11,22,24-27H,1,8-10,12-20H2,2-7H3/t22?,24-,25-,26+,27-,29+,30-,31-/m1/s1. The molecular weight excluding hydrogens is 372 g/mol. The average Bonchev–Trinajstić information content (AvgIpc) is 3.06. The van der Waals surface area contributed by atoms with E-state index in [9.17, 15) is 0 Å². The fraction of sp³-hybridized carbons (Fsp3) is 0.871. The summed E-state index contributed by atoms with van der Waals surface area (Å²) in [6.07, 6.45) is 20.0. The highest BCUT2D eigenvalue weighted by Gasteiger charge is 2.67. The molecule has 0 aromatic rings. The van der Waals surface area contributed by atoms with Crippen LogP contribution in [-0.2, 0) is 0 Å². The predicted octanol–water partition coefficient (Wildman–Crippen LogP) is 9.36. The molecule has 4 saturated carbocycles. The van der Waals surface area contributed by atoms with Gasteiger partial charge in [-0.05, 0) is 129 Å². The maximum absolute atomic E-state index is 4.25. The van der Waals surface area contributed by atoms with Crippen molar-refractivity contribution in [1.82, 2.24) is 0 Å². The van der Waals surface area contributed by atoms with Crippen molar-refractivity contribution < 1.29 is 0 Å². The van der Waals surface area contributed by atoms with E-state index in [0.717, 1.165) is 29.6 Å². The van der Waals surface area contributed by atoms with Gasteiger partial charge < -0.3 is 0 Å². The van der Waals surface area contributed by atoms with Gasteiger partial charge in [-0.3, -0.25) is 0 Å². The van der Waals surface area contributed by atoms with Crippen molar-refractivity contribution in [3.8, 4) is 0 Å². The zero-order valence-electron chi connectivity index (χ0n) is 21.7. The molecule has 0 nitrogen and oxygen atoms in total. The second kappa shape index (κ2) is 7.24. The van der Waals surface area contributed by atoms with Gasteiger partial charge in [0.2, 0.25) is 0 Å². The Morgan fingerprint density at radius 3 is 2.26 bits per heavy atom. The fourth-order valence-electron chi connectivity index (χ4n) is 10.9. The average molecular weight is 423 g/mol. The molecule has 0 spiro atoms. The summed E-state index contributed by atoms with van der Waals surface area (Å²) in [7, 11) is 0. The fourth-order valence-corrected chi connectivity index (χ4v) is 10.9. The molecule has 5 aliphatic carbocycles. The number of rotatable bonds is 2. The highest BCUT2D eigenvalue weighted by atomic mass is 14.7. The molecule has 0 radical (unpaired) electrons. The quantitative estimate of drug-likeness (QED) is 0.389. The lowest BCUT2D eigenvalue weighted by molar-refractivity contribution is -0.201. The number of allylic oxidation sites excluding steroid dienone is 3. The van der Waals surface area contributed by atoms with E-state index < -0.39 is 0 Å². The molecule has 0 aliphatic heterocycles. The van der Waals surface area contributed by atoms with Crippen molar-refractivity contribution in [3.05, 3.63) is 23.8 Å². The molecule has 0 saturated heterocycles. The molecule has 0 N–H and O–H groups in total. The molecule has 1 unspecified atom stereocenters. The highest BCUT2D eigenvalue weighted by molar-refractivity contribution is 5.23. The van der Waals surface area contributed by atoms with Gasteiger partial charge in [-0.15, -0.1) is 0 Å². The van der Waals surface area contributed by atoms with E-state index in [4.69, 9.17) is 0 Å². The van der Waals surface area contributed by atoms with Gasteiger partial charge in [-0.1, -0.05) is 64.8 Å². The molecule has 0 heteroatoms. The smallest absolute Gasteiger partial charge is 0.0169 e. The monoisotopic (exact) mass is 422 g/mol. The van der Waals surface area contributed by atoms with Gasteiger partial charge in [-0.2, -0.15) is 0 Å². The van der Waals surface area contributed by atoms with Crippen LogP contribution in [0.2, 0.25) is 0 Å². The van der Waals surface area contributed by atoms with Crippen molar-refractivity contribution in [3.63, 3.8) is 0 Å². The lowest BCUT2D eigenvalue weighted by Crippen LogP contribution is -2.62. The Labute approximate surface area is 193 Å². The first-order valence-electron chi connectivity index (χ1n) is 13.9. The van der Waals surface area contributed by atoms with Gasteiger partial charge in [0.15, 0.2) is 0 Å². The molecule has 4 fully saturated rings. The first-order valence-corrected chi connectivity index (χ1v) is 13.9. The summed E-state index contributed by atoms with van der Waals surface area (Å²) in [5, 5.41) is 0. The van der Waals surface area contributed by atoms with Crippen LogP contribution in [-0.4, -0.2) is 0 Å². The van der Waals surface area contributed by atoms with Crippen molar-refractivity contribution >= 4 is 0 Å². The van der Waals surface area contributed by atoms with E-state index in [1.54, 1.807) is 0 Å². The van der Waals surface area contributed by atoms with Crippen molar-refractivity contribution in [1.29, 1.82) is 0 Å². The lowest BCUT2D eigenvalue weighted by atomic mass is 9.35. The summed E-state index contributed by atoms with van der Waals surface area (Å²) in [5.74, 6) is 4.48. The first-order chi connectivity index (χ1) is 14.5. The van der Waals surface area contributed by atoms with E-state index in [-0.39, 0.29) is 0 Å². The minimum Gasteiger partial charge on any atom is -0.0998 e. The van der Waals surface area contributed by atoms with E-state index in [0.29, 0.717) is 21.7 Å². The highest BCUT2D eigenvalue weighted by Crippen LogP contribution is 2.75. The van der Waals surface area contributed by atoms with E-state index in [1.165, 1.54) is 82.6 Å². The largest absolute Gasteiger partial charge is 0.0998 e. The maximum Gasteiger partial charge on any atom is -0.0169 e. The Bertz CT molecular complexity index is 769. The summed E-state index contributed by atoms with van der Waals surface area (Å²) in [4.78, 5) is 0. The molecule has 5 rings (SSSR count). The number of fused-ring (bicyclic) bond motifs is 5. The van der Waals surface area contributed by atoms with Crippen LogP contribution in [0.1, 0.15) is 119 Å². The van der Waals surface area contributed by atoms with Crippen LogP contribution >= 0.6 is 0 Å². The molecule has 0 amide bonds. The molecule has 0 bridgehead atoms. The maximum atomic E-state index is 4.25. The Balaban J connectivity index is 1.43. The zero-order valence-corrected chi connectivity index (χ0v) is 21.7. The minimum absolute atomic E-state index is 0.553. The Hall–Kier alpha value is -0.520. The van der Waals surface area contributed by atoms with Gasteiger partial charge >= 0.3 is 0 Å². The van der Waals surface area contributed by atoms with Crippen LogP contribution in [0.5, 0.6) is 0 Å². The summed E-state index contributed by atoms with van der Waals surface area (Å²) in [5.41, 5.74) is 5.50. The van der Waals surface area contributed by atoms with Gasteiger partial charge in [0, 0.05) is 0 Å². The van der Waals surface area contributed by atoms with Crippen molar-refractivity contribution in [2.75, 3.05) is 0 Å². The summed E-state index contributed by atoms with van der Waals surface area (Å²) in [6, 6.07) is 0. The third-order valence-electron chi connectivity index (χ3n) is 12.8. The summed E-state index contributed by atoms with van der Waals surface area (Å²) < 4.78 is 0. The van der Waals surface area contributed by atoms with Crippen LogP contribution in [0.15, 0.2) is 23.8 Å². The van der Waals surface area contributed by atoms with Gasteiger partial charge in [-0.25, -0.2) is 0 Å².